The summed E-state index contributed by atoms with van der Waals surface area (Å²) in [6, 6.07) is -0.812. The highest BCUT2D eigenvalue weighted by Crippen LogP contribution is 2.16. The number of aliphatic hydroxyl groups is 3. The molecule has 0 aromatic rings. The van der Waals surface area contributed by atoms with E-state index < -0.39 is 24.2 Å². The summed E-state index contributed by atoms with van der Waals surface area (Å²) in [4.78, 5) is 12.5. The lowest BCUT2D eigenvalue weighted by molar-refractivity contribution is -0.131. The summed E-state index contributed by atoms with van der Waals surface area (Å²) in [6.07, 6.45) is 63.7. The van der Waals surface area contributed by atoms with Gasteiger partial charge < -0.3 is 20.6 Å². The summed E-state index contributed by atoms with van der Waals surface area (Å²) in [6.45, 7) is 4.17. The number of hydrogen-bond donors (Lipinski definition) is 4. The Balaban J connectivity index is 3.52. The van der Waals surface area contributed by atoms with Crippen molar-refractivity contribution < 1.29 is 20.1 Å². The molecular weight excluding hydrogens is 727 g/mol. The lowest BCUT2D eigenvalue weighted by Crippen LogP contribution is -2.48. The third-order valence-corrected chi connectivity index (χ3v) is 12.2. The normalized spacial score (nSPS) is 13.6. The van der Waals surface area contributed by atoms with Crippen LogP contribution in [0.1, 0.15) is 277 Å². The van der Waals surface area contributed by atoms with Gasteiger partial charge >= 0.3 is 0 Å². The van der Waals surface area contributed by atoms with Crippen molar-refractivity contribution in [3.05, 3.63) is 36.5 Å². The molecule has 1 amide bonds. The summed E-state index contributed by atoms with van der Waals surface area (Å²) in [5.41, 5.74) is 0. The van der Waals surface area contributed by atoms with E-state index in [1.165, 1.54) is 218 Å². The monoisotopic (exact) mass is 830 g/mol. The van der Waals surface area contributed by atoms with E-state index >= 15 is 0 Å². The molecule has 4 N–H and O–H groups in total. The van der Waals surface area contributed by atoms with Gasteiger partial charge in [0.2, 0.25) is 5.91 Å². The van der Waals surface area contributed by atoms with E-state index in [2.05, 4.69) is 43.5 Å². The topological polar surface area (TPSA) is 89.8 Å². The van der Waals surface area contributed by atoms with Crippen LogP contribution in [0.2, 0.25) is 0 Å². The van der Waals surface area contributed by atoms with Crippen molar-refractivity contribution in [1.29, 1.82) is 0 Å². The standard InChI is InChI=1S/C54H103NO4/c1-3-5-7-9-11-13-15-17-18-19-20-21-22-23-24-25-26-27-28-29-30-31-32-33-34-35-37-39-41-43-45-47-49-53(58)54(59)55-51(50-56)52(57)48-46-44-42-40-38-36-16-14-12-10-8-6-4-2/h23-24,38,40,46,48,51-53,56-58H,3-22,25-37,39,41-45,47,49-50H2,1-2H3,(H,55,59)/b24-23-,40-38+,48-46+. The molecular formula is C54H103NO4. The van der Waals surface area contributed by atoms with E-state index in [-0.39, 0.29) is 6.61 Å². The molecule has 0 saturated heterocycles. The molecule has 0 aliphatic carbocycles. The van der Waals surface area contributed by atoms with Gasteiger partial charge in [0.25, 0.3) is 0 Å². The first kappa shape index (κ1) is 57.6. The Morgan fingerprint density at radius 3 is 1.03 bits per heavy atom. The van der Waals surface area contributed by atoms with Gasteiger partial charge in [-0.15, -0.1) is 0 Å². The number of nitrogens with one attached hydrogen (secondary N) is 1. The fourth-order valence-electron chi connectivity index (χ4n) is 8.08. The molecule has 0 fully saturated rings. The van der Waals surface area contributed by atoms with Crippen LogP contribution >= 0.6 is 0 Å². The molecule has 59 heavy (non-hydrogen) atoms. The summed E-state index contributed by atoms with van der Waals surface area (Å²) >= 11 is 0. The average molecular weight is 830 g/mol. The molecule has 0 saturated carbocycles. The Morgan fingerprint density at radius 1 is 0.407 bits per heavy atom. The van der Waals surface area contributed by atoms with Crippen LogP contribution in [-0.2, 0) is 4.79 Å². The van der Waals surface area contributed by atoms with E-state index in [9.17, 15) is 20.1 Å². The first-order valence-electron chi connectivity index (χ1n) is 26.3. The molecule has 0 radical (unpaired) electrons. The maximum absolute atomic E-state index is 12.5. The van der Waals surface area contributed by atoms with Crippen molar-refractivity contribution in [2.75, 3.05) is 6.61 Å². The van der Waals surface area contributed by atoms with Crippen molar-refractivity contribution in [3.63, 3.8) is 0 Å². The van der Waals surface area contributed by atoms with Gasteiger partial charge in [-0.1, -0.05) is 256 Å². The SMILES string of the molecule is CCCCCCCCC/C=C/CC/C=C/C(O)C(CO)NC(=O)C(O)CCCCCCCCCCCCCCCCCC/C=C\CCCCCCCCCCCCCC. The Morgan fingerprint density at radius 2 is 0.695 bits per heavy atom. The average Bonchev–Trinajstić information content (AvgIpc) is 3.24. The van der Waals surface area contributed by atoms with Crippen LogP contribution < -0.4 is 5.32 Å². The Labute approximate surface area is 368 Å². The van der Waals surface area contributed by atoms with Crippen molar-refractivity contribution in [3.8, 4) is 0 Å². The van der Waals surface area contributed by atoms with E-state index in [4.69, 9.17) is 0 Å². The largest absolute Gasteiger partial charge is 0.394 e. The molecule has 5 heteroatoms. The van der Waals surface area contributed by atoms with Crippen molar-refractivity contribution in [1.82, 2.24) is 5.32 Å². The number of amides is 1. The molecule has 0 bridgehead atoms. The molecule has 0 aromatic carbocycles. The van der Waals surface area contributed by atoms with Crippen LogP contribution in [0.4, 0.5) is 0 Å². The number of carbonyl (C=O) groups excluding carboxylic acids is 1. The summed E-state index contributed by atoms with van der Waals surface area (Å²) in [5, 5.41) is 33.2. The number of rotatable bonds is 48. The number of carbonyl (C=O) groups is 1. The third kappa shape index (κ3) is 44.4. The first-order valence-corrected chi connectivity index (χ1v) is 26.3. The molecule has 0 heterocycles. The van der Waals surface area contributed by atoms with E-state index in [0.29, 0.717) is 6.42 Å². The highest BCUT2D eigenvalue weighted by atomic mass is 16.3. The Hall–Kier alpha value is -1.43. The lowest BCUT2D eigenvalue weighted by atomic mass is 10.0. The van der Waals surface area contributed by atoms with Gasteiger partial charge in [-0.05, 0) is 57.8 Å². The molecule has 0 rings (SSSR count). The van der Waals surface area contributed by atoms with Gasteiger partial charge in [0.1, 0.15) is 6.10 Å². The zero-order chi connectivity index (χ0) is 43.0. The maximum Gasteiger partial charge on any atom is 0.249 e. The molecule has 3 atom stereocenters. The summed E-state index contributed by atoms with van der Waals surface area (Å²) in [5.74, 6) is -0.511. The zero-order valence-electron chi connectivity index (χ0n) is 39.6. The van der Waals surface area contributed by atoms with Crippen LogP contribution in [0.25, 0.3) is 0 Å². The zero-order valence-corrected chi connectivity index (χ0v) is 39.6. The summed E-state index contributed by atoms with van der Waals surface area (Å²) in [7, 11) is 0. The minimum absolute atomic E-state index is 0.375. The van der Waals surface area contributed by atoms with Crippen molar-refractivity contribution in [2.45, 2.75) is 295 Å². The number of hydrogen-bond acceptors (Lipinski definition) is 4. The quantitative estimate of drug-likeness (QED) is 0.0363. The van der Waals surface area contributed by atoms with E-state index in [0.717, 1.165) is 38.5 Å². The van der Waals surface area contributed by atoms with Crippen LogP contribution in [0.15, 0.2) is 36.5 Å². The van der Waals surface area contributed by atoms with Gasteiger partial charge in [-0.3, -0.25) is 4.79 Å². The smallest absolute Gasteiger partial charge is 0.249 e. The van der Waals surface area contributed by atoms with Crippen LogP contribution in [0.5, 0.6) is 0 Å². The van der Waals surface area contributed by atoms with Gasteiger partial charge in [-0.2, -0.15) is 0 Å². The predicted molar refractivity (Wildman–Crippen MR) is 259 cm³/mol. The minimum atomic E-state index is -1.10. The van der Waals surface area contributed by atoms with Crippen LogP contribution in [0, 0.1) is 0 Å². The second-order valence-corrected chi connectivity index (χ2v) is 18.1. The molecule has 5 nitrogen and oxygen atoms in total. The molecule has 0 aliphatic heterocycles. The fraction of sp³-hybridized carbons (Fsp3) is 0.870. The van der Waals surface area contributed by atoms with Crippen molar-refractivity contribution in [2.24, 2.45) is 0 Å². The first-order chi connectivity index (χ1) is 29.1. The van der Waals surface area contributed by atoms with Gasteiger partial charge in [0, 0.05) is 0 Å². The van der Waals surface area contributed by atoms with E-state index in [1.807, 2.05) is 6.08 Å². The highest BCUT2D eigenvalue weighted by molar-refractivity contribution is 5.80. The van der Waals surface area contributed by atoms with Gasteiger partial charge in [0.15, 0.2) is 0 Å². The lowest BCUT2D eigenvalue weighted by Gasteiger charge is -2.21. The molecule has 348 valence electrons. The molecule has 0 aliphatic rings. The molecule has 0 aromatic heterocycles. The highest BCUT2D eigenvalue weighted by Gasteiger charge is 2.22. The molecule has 3 unspecified atom stereocenters. The maximum atomic E-state index is 12.5. The predicted octanol–water partition coefficient (Wildman–Crippen LogP) is 15.9. The minimum Gasteiger partial charge on any atom is -0.394 e. The van der Waals surface area contributed by atoms with Crippen LogP contribution in [-0.4, -0.2) is 46.1 Å². The fourth-order valence-corrected chi connectivity index (χ4v) is 8.08. The van der Waals surface area contributed by atoms with Crippen molar-refractivity contribution >= 4 is 5.91 Å². The van der Waals surface area contributed by atoms with Crippen LogP contribution in [0.3, 0.4) is 0 Å². The molecule has 0 spiro atoms. The second-order valence-electron chi connectivity index (χ2n) is 18.1. The number of allylic oxidation sites excluding steroid dienone is 5. The second kappa shape index (κ2) is 49.2. The Kier molecular flexibility index (Phi) is 48.0. The summed E-state index contributed by atoms with van der Waals surface area (Å²) < 4.78 is 0. The number of aliphatic hydroxyl groups excluding tert-OH is 3. The Bertz CT molecular complexity index is 916. The van der Waals surface area contributed by atoms with Gasteiger partial charge in [0.05, 0.1) is 18.8 Å². The third-order valence-electron chi connectivity index (χ3n) is 12.2. The van der Waals surface area contributed by atoms with E-state index in [1.54, 1.807) is 6.08 Å². The number of unbranched alkanes of at least 4 members (excludes halogenated alkanes) is 36. The van der Waals surface area contributed by atoms with Gasteiger partial charge in [-0.25, -0.2) is 0 Å².